The lowest BCUT2D eigenvalue weighted by molar-refractivity contribution is 0.0773. The van der Waals surface area contributed by atoms with Crippen LogP contribution < -0.4 is 4.90 Å². The molecule has 1 amide bonds. The van der Waals surface area contributed by atoms with Gasteiger partial charge in [0.05, 0.1) is 0 Å². The van der Waals surface area contributed by atoms with Gasteiger partial charge in [0.15, 0.2) is 0 Å². The number of rotatable bonds is 8. The molecular weight excluding hydrogens is 398 g/mol. The number of phenolic OH excluding ortho intramolecular Hbond substituents is 1. The molecule has 1 aliphatic rings. The number of carbonyl (C=O) groups is 1. The number of benzene rings is 2. The average Bonchev–Trinajstić information content (AvgIpc) is 2.80. The number of amides is 1. The number of nitrogens with zero attached hydrogens (tertiary/aromatic N) is 3. The minimum atomic E-state index is 0.0658. The van der Waals surface area contributed by atoms with Gasteiger partial charge in [-0.25, -0.2) is 0 Å². The molecule has 0 spiro atoms. The van der Waals surface area contributed by atoms with Crippen LogP contribution in [0.2, 0.25) is 0 Å². The van der Waals surface area contributed by atoms with Crippen molar-refractivity contribution in [2.75, 3.05) is 37.6 Å². The minimum Gasteiger partial charge on any atom is -0.508 e. The van der Waals surface area contributed by atoms with Crippen molar-refractivity contribution < 1.29 is 9.90 Å². The topological polar surface area (TPSA) is 47.0 Å². The van der Waals surface area contributed by atoms with Gasteiger partial charge in [0, 0.05) is 61.8 Å². The molecule has 2 atom stereocenters. The Labute approximate surface area is 193 Å². The summed E-state index contributed by atoms with van der Waals surface area (Å²) in [4.78, 5) is 19.4. The first-order chi connectivity index (χ1) is 15.5. The van der Waals surface area contributed by atoms with Crippen molar-refractivity contribution in [1.29, 1.82) is 0 Å². The predicted octanol–water partition coefficient (Wildman–Crippen LogP) is 5.30. The maximum absolute atomic E-state index is 12.7. The van der Waals surface area contributed by atoms with Crippen LogP contribution in [-0.4, -0.2) is 59.6 Å². The van der Waals surface area contributed by atoms with Crippen molar-refractivity contribution in [3.8, 4) is 5.75 Å². The summed E-state index contributed by atoms with van der Waals surface area (Å²) in [5.74, 6) is 0.781. The summed E-state index contributed by atoms with van der Waals surface area (Å²) in [6.45, 7) is 12.8. The minimum absolute atomic E-state index is 0.0658. The van der Waals surface area contributed by atoms with Crippen molar-refractivity contribution in [1.82, 2.24) is 9.80 Å². The van der Waals surface area contributed by atoms with Crippen LogP contribution >= 0.6 is 0 Å². The van der Waals surface area contributed by atoms with Crippen LogP contribution in [0.5, 0.6) is 5.75 Å². The third kappa shape index (κ3) is 5.52. The van der Waals surface area contributed by atoms with E-state index in [0.29, 0.717) is 30.6 Å². The van der Waals surface area contributed by atoms with Crippen LogP contribution in [0, 0.1) is 5.92 Å². The normalized spacial score (nSPS) is 19.2. The van der Waals surface area contributed by atoms with Crippen LogP contribution in [0.15, 0.2) is 60.7 Å². The third-order valence-electron chi connectivity index (χ3n) is 6.43. The Hall–Kier alpha value is -2.79. The number of aromatic hydroxyl groups is 1. The van der Waals surface area contributed by atoms with Crippen LogP contribution in [0.1, 0.15) is 44.5 Å². The second-order valence-electron chi connectivity index (χ2n) is 8.58. The summed E-state index contributed by atoms with van der Waals surface area (Å²) in [5, 5.41) is 10.2. The first-order valence-electron chi connectivity index (χ1n) is 11.8. The van der Waals surface area contributed by atoms with E-state index in [-0.39, 0.29) is 11.7 Å². The van der Waals surface area contributed by atoms with Crippen LogP contribution in [0.25, 0.3) is 0 Å². The summed E-state index contributed by atoms with van der Waals surface area (Å²) in [6.07, 6.45) is 5.36. The van der Waals surface area contributed by atoms with Gasteiger partial charge in [0.1, 0.15) is 5.75 Å². The van der Waals surface area contributed by atoms with Gasteiger partial charge < -0.3 is 14.9 Å². The highest BCUT2D eigenvalue weighted by Gasteiger charge is 2.31. The standard InChI is InChI=1S/C27H37N3O2/c1-5-8-17-28-18-16-26(21(4)20-28)30(24-10-9-11-25(31)19-24)23-14-12-22(13-15-23)27(32)29(6-2)7-3/h5,8-15,19,21,26,31H,6-7,16-18,20H2,1-4H3/b8-5+/t21-,26+/m0/s1. The van der Waals surface area contributed by atoms with Gasteiger partial charge in [-0.1, -0.05) is 25.1 Å². The molecule has 3 rings (SSSR count). The van der Waals surface area contributed by atoms with Crippen LogP contribution in [-0.2, 0) is 0 Å². The van der Waals surface area contributed by atoms with Gasteiger partial charge in [-0.2, -0.15) is 0 Å². The van der Waals surface area contributed by atoms with E-state index in [1.165, 1.54) is 0 Å². The molecule has 0 bridgehead atoms. The molecule has 0 unspecified atom stereocenters. The molecule has 1 fully saturated rings. The second kappa shape index (κ2) is 11.2. The summed E-state index contributed by atoms with van der Waals surface area (Å²) in [6, 6.07) is 15.7. The van der Waals surface area contributed by atoms with E-state index in [1.54, 1.807) is 6.07 Å². The lowest BCUT2D eigenvalue weighted by Crippen LogP contribution is -2.48. The van der Waals surface area contributed by atoms with E-state index in [1.807, 2.05) is 61.2 Å². The van der Waals surface area contributed by atoms with Gasteiger partial charge >= 0.3 is 0 Å². The molecule has 2 aromatic carbocycles. The zero-order valence-corrected chi connectivity index (χ0v) is 19.9. The fourth-order valence-corrected chi connectivity index (χ4v) is 4.66. The van der Waals surface area contributed by atoms with Gasteiger partial charge in [-0.05, 0) is 69.5 Å². The molecular formula is C27H37N3O2. The monoisotopic (exact) mass is 435 g/mol. The molecule has 5 heteroatoms. The zero-order chi connectivity index (χ0) is 23.1. The smallest absolute Gasteiger partial charge is 0.253 e. The molecule has 2 aromatic rings. The van der Waals surface area contributed by atoms with Crippen molar-refractivity contribution in [2.24, 2.45) is 5.92 Å². The Morgan fingerprint density at radius 3 is 2.44 bits per heavy atom. The largest absolute Gasteiger partial charge is 0.508 e. The van der Waals surface area contributed by atoms with E-state index >= 15 is 0 Å². The molecule has 1 aliphatic heterocycles. The zero-order valence-electron chi connectivity index (χ0n) is 19.9. The highest BCUT2D eigenvalue weighted by atomic mass is 16.3. The highest BCUT2D eigenvalue weighted by molar-refractivity contribution is 5.94. The lowest BCUT2D eigenvalue weighted by atomic mass is 9.91. The molecule has 0 aromatic heterocycles. The fourth-order valence-electron chi connectivity index (χ4n) is 4.66. The Kier molecular flexibility index (Phi) is 8.34. The SMILES string of the molecule is C/C=C/CN1CC[C@@H](N(c2ccc(C(=O)N(CC)CC)cc2)c2cccc(O)c2)[C@@H](C)C1. The molecule has 0 aliphatic carbocycles. The molecule has 0 radical (unpaired) electrons. The van der Waals surface area contributed by atoms with E-state index in [0.717, 1.165) is 37.4 Å². The molecule has 1 heterocycles. The number of likely N-dealkylation sites (tertiary alicyclic amines) is 1. The molecule has 172 valence electrons. The molecule has 1 N–H and O–H groups in total. The van der Waals surface area contributed by atoms with Crippen LogP contribution in [0.3, 0.4) is 0 Å². The Balaban J connectivity index is 1.90. The lowest BCUT2D eigenvalue weighted by Gasteiger charge is -2.43. The van der Waals surface area contributed by atoms with Gasteiger partial charge in [-0.3, -0.25) is 9.69 Å². The maximum atomic E-state index is 12.7. The molecule has 1 saturated heterocycles. The quantitative estimate of drug-likeness (QED) is 0.572. The summed E-state index contributed by atoms with van der Waals surface area (Å²) in [5.41, 5.74) is 2.74. The van der Waals surface area contributed by atoms with Gasteiger partial charge in [-0.15, -0.1) is 0 Å². The number of carbonyl (C=O) groups excluding carboxylic acids is 1. The fraction of sp³-hybridized carbons (Fsp3) is 0.444. The molecule has 5 nitrogen and oxygen atoms in total. The number of hydrogen-bond acceptors (Lipinski definition) is 4. The predicted molar refractivity (Wildman–Crippen MR) is 133 cm³/mol. The Bertz CT molecular complexity index is 905. The van der Waals surface area contributed by atoms with Gasteiger partial charge in [0.2, 0.25) is 0 Å². The number of hydrogen-bond donors (Lipinski definition) is 1. The van der Waals surface area contributed by atoms with E-state index in [4.69, 9.17) is 0 Å². The third-order valence-corrected chi connectivity index (χ3v) is 6.43. The second-order valence-corrected chi connectivity index (χ2v) is 8.58. The van der Waals surface area contributed by atoms with Gasteiger partial charge in [0.25, 0.3) is 5.91 Å². The van der Waals surface area contributed by atoms with Crippen molar-refractivity contribution >= 4 is 17.3 Å². The first kappa shape index (κ1) is 23.9. The van der Waals surface area contributed by atoms with E-state index < -0.39 is 0 Å². The Morgan fingerprint density at radius 2 is 1.84 bits per heavy atom. The average molecular weight is 436 g/mol. The summed E-state index contributed by atoms with van der Waals surface area (Å²) in [7, 11) is 0. The van der Waals surface area contributed by atoms with Crippen LogP contribution in [0.4, 0.5) is 11.4 Å². The number of allylic oxidation sites excluding steroid dienone is 1. The van der Waals surface area contributed by atoms with Crippen molar-refractivity contribution in [3.63, 3.8) is 0 Å². The van der Waals surface area contributed by atoms with E-state index in [2.05, 4.69) is 35.8 Å². The summed E-state index contributed by atoms with van der Waals surface area (Å²) >= 11 is 0. The summed E-state index contributed by atoms with van der Waals surface area (Å²) < 4.78 is 0. The first-order valence-corrected chi connectivity index (χ1v) is 11.8. The van der Waals surface area contributed by atoms with Crippen molar-refractivity contribution in [3.05, 3.63) is 66.2 Å². The molecule has 0 saturated carbocycles. The van der Waals surface area contributed by atoms with E-state index in [9.17, 15) is 9.90 Å². The molecule has 32 heavy (non-hydrogen) atoms. The maximum Gasteiger partial charge on any atom is 0.253 e. The van der Waals surface area contributed by atoms with Crippen molar-refractivity contribution in [2.45, 2.75) is 40.2 Å². The number of piperidine rings is 1. The number of phenols is 1. The highest BCUT2D eigenvalue weighted by Crippen LogP contribution is 2.35. The number of anilines is 2. The Morgan fingerprint density at radius 1 is 1.12 bits per heavy atom.